The molecule has 0 bridgehead atoms. The van der Waals surface area contributed by atoms with Gasteiger partial charge in [0.05, 0.1) is 5.69 Å². The Morgan fingerprint density at radius 1 is 1.24 bits per heavy atom. The van der Waals surface area contributed by atoms with Gasteiger partial charge in [-0.3, -0.25) is 10.2 Å². The molecule has 2 aromatic rings. The van der Waals surface area contributed by atoms with E-state index < -0.39 is 0 Å². The van der Waals surface area contributed by atoms with E-state index in [1.807, 2.05) is 32.3 Å². The third kappa shape index (κ3) is 3.46. The van der Waals surface area contributed by atoms with Gasteiger partial charge in [-0.1, -0.05) is 43.4 Å². The van der Waals surface area contributed by atoms with Crippen molar-refractivity contribution in [2.24, 2.45) is 0 Å². The van der Waals surface area contributed by atoms with E-state index in [9.17, 15) is 5.11 Å². The number of H-pyrrole nitrogens is 2. The van der Waals surface area contributed by atoms with Crippen molar-refractivity contribution in [3.8, 4) is 17.0 Å². The summed E-state index contributed by atoms with van der Waals surface area (Å²) in [6.07, 6.45) is 10.1. The Morgan fingerprint density at radius 2 is 2.04 bits per heavy atom. The first-order valence-corrected chi connectivity index (χ1v) is 8.80. The Balaban J connectivity index is 2.09. The predicted octanol–water partition coefficient (Wildman–Crippen LogP) is 4.80. The molecule has 0 saturated heterocycles. The predicted molar refractivity (Wildman–Crippen MR) is 106 cm³/mol. The average molecular weight is 353 g/mol. The highest BCUT2D eigenvalue weighted by atomic mass is 32.1. The van der Waals surface area contributed by atoms with Crippen molar-refractivity contribution >= 4 is 17.8 Å². The number of hydrogen-bond donors (Lipinski definition) is 3. The SMILES string of the molecule is CCc1ccc(O)c(-c2[nH][nH]c(=S)c2C2=CCC(N(C)C)=CC=C2)c1. The molecule has 1 aliphatic rings. The second kappa shape index (κ2) is 7.15. The maximum atomic E-state index is 10.4. The Kier molecular flexibility index (Phi) is 4.95. The van der Waals surface area contributed by atoms with Crippen LogP contribution in [0.5, 0.6) is 5.75 Å². The van der Waals surface area contributed by atoms with Crippen LogP contribution in [-0.4, -0.2) is 34.3 Å². The van der Waals surface area contributed by atoms with Crippen LogP contribution in [-0.2, 0) is 6.42 Å². The summed E-state index contributed by atoms with van der Waals surface area (Å²) in [5.74, 6) is 0.244. The first-order valence-electron chi connectivity index (χ1n) is 8.39. The molecule has 0 aliphatic heterocycles. The highest BCUT2D eigenvalue weighted by Gasteiger charge is 2.17. The third-order valence-electron chi connectivity index (χ3n) is 4.48. The van der Waals surface area contributed by atoms with Gasteiger partial charge in [0.25, 0.3) is 0 Å². The van der Waals surface area contributed by atoms with Gasteiger partial charge in [0.15, 0.2) is 0 Å². The molecule has 25 heavy (non-hydrogen) atoms. The Labute approximate surface area is 153 Å². The first kappa shape index (κ1) is 17.3. The lowest BCUT2D eigenvalue weighted by Crippen LogP contribution is -2.09. The number of nitrogens with one attached hydrogen (secondary N) is 2. The van der Waals surface area contributed by atoms with Crippen molar-refractivity contribution in [2.75, 3.05) is 14.1 Å². The fraction of sp³-hybridized carbons (Fsp3) is 0.250. The van der Waals surface area contributed by atoms with Gasteiger partial charge in [0.2, 0.25) is 0 Å². The summed E-state index contributed by atoms with van der Waals surface area (Å²) in [5.41, 5.74) is 5.95. The van der Waals surface area contributed by atoms with Gasteiger partial charge in [-0.15, -0.1) is 0 Å². The van der Waals surface area contributed by atoms with Gasteiger partial charge >= 0.3 is 0 Å². The second-order valence-electron chi connectivity index (χ2n) is 6.31. The van der Waals surface area contributed by atoms with Crippen molar-refractivity contribution in [1.82, 2.24) is 15.1 Å². The molecule has 0 unspecified atom stereocenters. The molecular formula is C20H23N3OS. The average Bonchev–Trinajstić information content (AvgIpc) is 2.82. The number of hydrogen-bond acceptors (Lipinski definition) is 3. The molecule has 3 N–H and O–H groups in total. The smallest absolute Gasteiger partial charge is 0.127 e. The standard InChI is InChI=1S/C20H23N3OS/c1-4-13-8-11-17(24)16(12-13)19-18(20(25)22-21-19)14-6-5-7-15(10-9-14)23(2)3/h5-9,11-12,24H,4,10H2,1-3H3,(H2,21,22,25). The third-order valence-corrected chi connectivity index (χ3v) is 4.78. The van der Waals surface area contributed by atoms with Crippen LogP contribution in [0.4, 0.5) is 0 Å². The number of phenols is 1. The largest absolute Gasteiger partial charge is 0.507 e. The zero-order chi connectivity index (χ0) is 18.0. The normalized spacial score (nSPS) is 14.0. The number of aromatic hydroxyl groups is 1. The van der Waals surface area contributed by atoms with Crippen molar-refractivity contribution in [2.45, 2.75) is 19.8 Å². The molecule has 3 rings (SSSR count). The van der Waals surface area contributed by atoms with Crippen LogP contribution in [0.1, 0.15) is 24.5 Å². The Bertz CT molecular complexity index is 929. The maximum absolute atomic E-state index is 10.4. The lowest BCUT2D eigenvalue weighted by molar-refractivity contribution is 0.477. The summed E-state index contributed by atoms with van der Waals surface area (Å²) in [4.78, 5) is 2.11. The summed E-state index contributed by atoms with van der Waals surface area (Å²) >= 11 is 5.51. The van der Waals surface area contributed by atoms with E-state index in [1.165, 1.54) is 11.3 Å². The second-order valence-corrected chi connectivity index (χ2v) is 6.72. The van der Waals surface area contributed by atoms with Crippen molar-refractivity contribution in [3.05, 3.63) is 64.0 Å². The molecule has 130 valence electrons. The van der Waals surface area contributed by atoms with E-state index in [-0.39, 0.29) is 5.75 Å². The number of aryl methyl sites for hydroxylation is 1. The molecule has 5 heteroatoms. The number of benzene rings is 1. The highest BCUT2D eigenvalue weighted by Crippen LogP contribution is 2.36. The molecule has 0 spiro atoms. The minimum atomic E-state index is 0.244. The zero-order valence-corrected chi connectivity index (χ0v) is 15.6. The maximum Gasteiger partial charge on any atom is 0.127 e. The van der Waals surface area contributed by atoms with Crippen molar-refractivity contribution < 1.29 is 5.11 Å². The minimum Gasteiger partial charge on any atom is -0.507 e. The van der Waals surface area contributed by atoms with Gasteiger partial charge in [0.1, 0.15) is 10.4 Å². The van der Waals surface area contributed by atoms with Gasteiger partial charge in [-0.25, -0.2) is 0 Å². The molecule has 4 nitrogen and oxygen atoms in total. The molecular weight excluding hydrogens is 330 g/mol. The van der Waals surface area contributed by atoms with Gasteiger partial charge in [-0.2, -0.15) is 0 Å². The molecule has 1 aliphatic carbocycles. The van der Waals surface area contributed by atoms with Crippen LogP contribution < -0.4 is 0 Å². The summed E-state index contributed by atoms with van der Waals surface area (Å²) in [6, 6.07) is 5.69. The van der Waals surface area contributed by atoms with E-state index in [4.69, 9.17) is 12.2 Å². The molecule has 1 aromatic heterocycles. The van der Waals surface area contributed by atoms with Crippen LogP contribution >= 0.6 is 12.2 Å². The lowest BCUT2D eigenvalue weighted by Gasteiger charge is -2.14. The molecule has 0 radical (unpaired) electrons. The van der Waals surface area contributed by atoms with Crippen molar-refractivity contribution in [1.29, 1.82) is 0 Å². The first-order chi connectivity index (χ1) is 12.0. The number of rotatable bonds is 4. The lowest BCUT2D eigenvalue weighted by atomic mass is 9.98. The molecule has 0 saturated carbocycles. The number of aromatic nitrogens is 2. The van der Waals surface area contributed by atoms with E-state index >= 15 is 0 Å². The van der Waals surface area contributed by atoms with E-state index in [0.29, 0.717) is 4.64 Å². The Hall–Kier alpha value is -2.53. The van der Waals surface area contributed by atoms with Crippen LogP contribution in [0.25, 0.3) is 16.8 Å². The summed E-state index contributed by atoms with van der Waals surface area (Å²) in [6.45, 7) is 2.10. The molecule has 1 aromatic carbocycles. The zero-order valence-electron chi connectivity index (χ0n) is 14.8. The molecule has 1 heterocycles. The van der Waals surface area contributed by atoms with Crippen LogP contribution in [0.2, 0.25) is 0 Å². The summed E-state index contributed by atoms with van der Waals surface area (Å²) in [5, 5.41) is 16.5. The van der Waals surface area contributed by atoms with E-state index in [0.717, 1.165) is 35.2 Å². The van der Waals surface area contributed by atoms with E-state index in [2.05, 4.69) is 40.2 Å². The van der Waals surface area contributed by atoms with E-state index in [1.54, 1.807) is 6.07 Å². The summed E-state index contributed by atoms with van der Waals surface area (Å²) in [7, 11) is 4.08. The van der Waals surface area contributed by atoms with Crippen LogP contribution in [0.15, 0.2) is 48.2 Å². The van der Waals surface area contributed by atoms with Crippen LogP contribution in [0.3, 0.4) is 0 Å². The van der Waals surface area contributed by atoms with Crippen LogP contribution in [0, 0.1) is 4.64 Å². The fourth-order valence-electron chi connectivity index (χ4n) is 2.97. The quantitative estimate of drug-likeness (QED) is 0.692. The van der Waals surface area contributed by atoms with Crippen molar-refractivity contribution in [3.63, 3.8) is 0 Å². The number of nitrogens with zero attached hydrogens (tertiary/aromatic N) is 1. The molecule has 0 atom stereocenters. The molecule has 0 amide bonds. The number of allylic oxidation sites excluding steroid dienone is 5. The van der Waals surface area contributed by atoms with Gasteiger partial charge < -0.3 is 10.0 Å². The number of phenolic OH excluding ortho intramolecular Hbond substituents is 1. The summed E-state index contributed by atoms with van der Waals surface area (Å²) < 4.78 is 0.639. The Morgan fingerprint density at radius 3 is 2.76 bits per heavy atom. The number of aromatic amines is 2. The highest BCUT2D eigenvalue weighted by molar-refractivity contribution is 7.71. The van der Waals surface area contributed by atoms with Gasteiger partial charge in [-0.05, 0) is 35.8 Å². The minimum absolute atomic E-state index is 0.244. The monoisotopic (exact) mass is 353 g/mol. The van der Waals surface area contributed by atoms with Gasteiger partial charge in [0, 0.05) is 37.3 Å². The fourth-order valence-corrected chi connectivity index (χ4v) is 3.24. The topological polar surface area (TPSA) is 55.0 Å². The molecule has 0 fully saturated rings.